The van der Waals surface area contributed by atoms with Crippen molar-refractivity contribution in [1.29, 1.82) is 0 Å². The van der Waals surface area contributed by atoms with Crippen molar-refractivity contribution in [3.05, 3.63) is 45.4 Å². The second-order valence-electron chi connectivity index (χ2n) is 5.75. The van der Waals surface area contributed by atoms with Gasteiger partial charge < -0.3 is 14.4 Å². The summed E-state index contributed by atoms with van der Waals surface area (Å²) in [6, 6.07) is 7.88. The van der Waals surface area contributed by atoms with Crippen LogP contribution in [0.25, 0.3) is 10.2 Å². The van der Waals surface area contributed by atoms with Crippen molar-refractivity contribution >= 4 is 38.8 Å². The first kappa shape index (κ1) is 16.6. The second kappa shape index (κ2) is 6.80. The molecule has 1 amide bonds. The summed E-state index contributed by atoms with van der Waals surface area (Å²) in [4.78, 5) is 24.0. The number of rotatable bonds is 4. The van der Waals surface area contributed by atoms with E-state index < -0.39 is 6.29 Å². The van der Waals surface area contributed by atoms with E-state index in [9.17, 15) is 4.79 Å². The molecule has 1 aliphatic rings. The maximum Gasteiger partial charge on any atom is 0.265 e. The molecule has 6 nitrogen and oxygen atoms in total. The lowest BCUT2D eigenvalue weighted by atomic mass is 10.3. The number of carbonyl (C=O) groups excluding carboxylic acids is 1. The molecule has 3 aromatic rings. The molecular weight excluding hydrogens is 358 g/mol. The molecule has 0 N–H and O–H groups in total. The summed E-state index contributed by atoms with van der Waals surface area (Å²) in [6.07, 6.45) is 1.15. The van der Waals surface area contributed by atoms with E-state index in [-0.39, 0.29) is 11.9 Å². The quantitative estimate of drug-likeness (QED) is 0.697. The Balaban J connectivity index is 1.52. The van der Waals surface area contributed by atoms with Crippen LogP contribution in [-0.2, 0) is 9.47 Å². The first-order chi connectivity index (χ1) is 12.1. The van der Waals surface area contributed by atoms with E-state index in [0.29, 0.717) is 23.1 Å². The Bertz CT molecular complexity index is 868. The molecular formula is C17H17N3O3S2. The average Bonchev–Trinajstić information content (AvgIpc) is 3.38. The molecule has 1 aliphatic heterocycles. The number of para-hydroxylation sites is 1. The Hall–Kier alpha value is -1.87. The van der Waals surface area contributed by atoms with Gasteiger partial charge >= 0.3 is 0 Å². The normalized spacial score (nSPS) is 16.4. The van der Waals surface area contributed by atoms with Gasteiger partial charge in [0.15, 0.2) is 0 Å². The Morgan fingerprint density at radius 2 is 2.04 bits per heavy atom. The minimum Gasteiger partial charge on any atom is -0.344 e. The van der Waals surface area contributed by atoms with Gasteiger partial charge in [-0.25, -0.2) is 9.97 Å². The van der Waals surface area contributed by atoms with Crippen LogP contribution >= 0.6 is 22.7 Å². The lowest BCUT2D eigenvalue weighted by molar-refractivity contribution is -0.0442. The summed E-state index contributed by atoms with van der Waals surface area (Å²) in [7, 11) is 1.79. The first-order valence-electron chi connectivity index (χ1n) is 7.95. The molecule has 0 radical (unpaired) electrons. The molecule has 0 aliphatic carbocycles. The Labute approximate surface area is 153 Å². The van der Waals surface area contributed by atoms with E-state index in [1.165, 1.54) is 11.3 Å². The predicted molar refractivity (Wildman–Crippen MR) is 96.9 cm³/mol. The smallest absolute Gasteiger partial charge is 0.265 e. The number of amides is 1. The molecule has 0 bridgehead atoms. The second-order valence-corrected chi connectivity index (χ2v) is 7.87. The van der Waals surface area contributed by atoms with Crippen LogP contribution in [0.3, 0.4) is 0 Å². The molecule has 130 valence electrons. The fourth-order valence-electron chi connectivity index (χ4n) is 2.58. The van der Waals surface area contributed by atoms with Gasteiger partial charge in [0, 0.05) is 7.05 Å². The monoisotopic (exact) mass is 375 g/mol. The van der Waals surface area contributed by atoms with Gasteiger partial charge in [0.2, 0.25) is 6.29 Å². The number of benzene rings is 1. The van der Waals surface area contributed by atoms with E-state index in [1.54, 1.807) is 29.5 Å². The van der Waals surface area contributed by atoms with Gasteiger partial charge in [-0.1, -0.05) is 12.1 Å². The van der Waals surface area contributed by atoms with Crippen molar-refractivity contribution in [3.8, 4) is 0 Å². The van der Waals surface area contributed by atoms with E-state index >= 15 is 0 Å². The summed E-state index contributed by atoms with van der Waals surface area (Å²) in [5.41, 5.74) is 0.964. The number of carbonyl (C=O) groups is 1. The Morgan fingerprint density at radius 1 is 1.28 bits per heavy atom. The predicted octanol–water partition coefficient (Wildman–Crippen LogP) is 3.63. The zero-order valence-electron chi connectivity index (χ0n) is 13.8. The van der Waals surface area contributed by atoms with Crippen molar-refractivity contribution < 1.29 is 14.3 Å². The topological polar surface area (TPSA) is 64.6 Å². The van der Waals surface area contributed by atoms with Crippen LogP contribution in [0.15, 0.2) is 30.5 Å². The zero-order chi connectivity index (χ0) is 17.4. The molecule has 2 aromatic heterocycles. The molecule has 1 atom stereocenters. The van der Waals surface area contributed by atoms with Crippen LogP contribution in [0.4, 0.5) is 0 Å². The lowest BCUT2D eigenvalue weighted by Crippen LogP contribution is -2.29. The fraction of sp³-hybridized carbons (Fsp3) is 0.353. The third-order valence-corrected chi connectivity index (χ3v) is 6.34. The number of aromatic nitrogens is 2. The highest BCUT2D eigenvalue weighted by Crippen LogP contribution is 2.31. The highest BCUT2D eigenvalue weighted by molar-refractivity contribution is 7.18. The molecule has 3 heterocycles. The molecule has 8 heteroatoms. The summed E-state index contributed by atoms with van der Waals surface area (Å²) in [6.45, 7) is 3.10. The van der Waals surface area contributed by atoms with Gasteiger partial charge in [0.05, 0.1) is 35.7 Å². The molecule has 25 heavy (non-hydrogen) atoms. The van der Waals surface area contributed by atoms with Crippen LogP contribution in [0, 0.1) is 0 Å². The number of hydrogen-bond acceptors (Lipinski definition) is 7. The maximum absolute atomic E-state index is 12.8. The highest BCUT2D eigenvalue weighted by Gasteiger charge is 2.26. The third-order valence-electron chi connectivity index (χ3n) is 4.13. The van der Waals surface area contributed by atoms with Crippen molar-refractivity contribution in [2.45, 2.75) is 19.3 Å². The van der Waals surface area contributed by atoms with Gasteiger partial charge in [0.1, 0.15) is 14.9 Å². The van der Waals surface area contributed by atoms with Crippen molar-refractivity contribution in [3.63, 3.8) is 0 Å². The average molecular weight is 375 g/mol. The SMILES string of the molecule is CC(c1nc2ccccc2s1)N(C)C(=O)c1cnc(C2OCCO2)s1. The lowest BCUT2D eigenvalue weighted by Gasteiger charge is -2.22. The number of fused-ring (bicyclic) bond motifs is 1. The summed E-state index contributed by atoms with van der Waals surface area (Å²) in [5, 5.41) is 1.60. The Kier molecular flexibility index (Phi) is 4.51. The van der Waals surface area contributed by atoms with Gasteiger partial charge in [0.25, 0.3) is 5.91 Å². The van der Waals surface area contributed by atoms with Gasteiger partial charge in [-0.15, -0.1) is 22.7 Å². The van der Waals surface area contributed by atoms with Gasteiger partial charge in [-0.2, -0.15) is 0 Å². The number of ether oxygens (including phenoxy) is 2. The zero-order valence-corrected chi connectivity index (χ0v) is 15.5. The molecule has 0 saturated carbocycles. The summed E-state index contributed by atoms with van der Waals surface area (Å²) < 4.78 is 12.0. The summed E-state index contributed by atoms with van der Waals surface area (Å²) >= 11 is 2.93. The highest BCUT2D eigenvalue weighted by atomic mass is 32.1. The van der Waals surface area contributed by atoms with Crippen LogP contribution in [0.5, 0.6) is 0 Å². The van der Waals surface area contributed by atoms with Crippen molar-refractivity contribution in [2.75, 3.05) is 20.3 Å². The molecule has 1 saturated heterocycles. The third kappa shape index (κ3) is 3.18. The maximum atomic E-state index is 12.8. The van der Waals surface area contributed by atoms with Crippen LogP contribution in [0.1, 0.15) is 38.9 Å². The largest absolute Gasteiger partial charge is 0.344 e. The number of thiazole rings is 2. The number of nitrogens with zero attached hydrogens (tertiary/aromatic N) is 3. The van der Waals surface area contributed by atoms with Crippen LogP contribution < -0.4 is 0 Å². The first-order valence-corrected chi connectivity index (χ1v) is 9.58. The molecule has 0 spiro atoms. The molecule has 1 aromatic carbocycles. The van der Waals surface area contributed by atoms with Crippen LogP contribution in [-0.4, -0.2) is 41.0 Å². The van der Waals surface area contributed by atoms with Gasteiger partial charge in [-0.3, -0.25) is 4.79 Å². The standard InChI is InChI=1S/C17H17N3O3S2/c1-10(14-19-11-5-3-4-6-12(11)24-14)20(2)16(21)13-9-18-15(25-13)17-22-7-8-23-17/h3-6,9-10,17H,7-8H2,1-2H3. The van der Waals surface area contributed by atoms with E-state index in [2.05, 4.69) is 9.97 Å². The van der Waals surface area contributed by atoms with E-state index in [0.717, 1.165) is 15.2 Å². The minimum absolute atomic E-state index is 0.0755. The van der Waals surface area contributed by atoms with Crippen LogP contribution in [0.2, 0.25) is 0 Å². The van der Waals surface area contributed by atoms with E-state index in [4.69, 9.17) is 9.47 Å². The molecule has 4 rings (SSSR count). The van der Waals surface area contributed by atoms with Crippen molar-refractivity contribution in [2.24, 2.45) is 0 Å². The summed E-state index contributed by atoms with van der Waals surface area (Å²) in [5.74, 6) is -0.0755. The van der Waals surface area contributed by atoms with Crippen molar-refractivity contribution in [1.82, 2.24) is 14.9 Å². The van der Waals surface area contributed by atoms with E-state index in [1.807, 2.05) is 31.2 Å². The fourth-order valence-corrected chi connectivity index (χ4v) is 4.54. The van der Waals surface area contributed by atoms with Gasteiger partial charge in [-0.05, 0) is 19.1 Å². The minimum atomic E-state index is -0.446. The molecule has 1 unspecified atom stereocenters. The Morgan fingerprint density at radius 3 is 2.80 bits per heavy atom. The molecule has 1 fully saturated rings. The number of hydrogen-bond donors (Lipinski definition) is 0.